The molecule has 3 unspecified atom stereocenters. The van der Waals surface area contributed by atoms with Gasteiger partial charge in [0, 0.05) is 0 Å². The van der Waals surface area contributed by atoms with Gasteiger partial charge in [-0.2, -0.15) is 0 Å². The van der Waals surface area contributed by atoms with Gasteiger partial charge in [0.1, 0.15) is 0 Å². The van der Waals surface area contributed by atoms with Crippen molar-refractivity contribution in [2.45, 2.75) is 84.2 Å². The fourth-order valence-corrected chi connectivity index (χ4v) is 33.6. The van der Waals surface area contributed by atoms with Crippen molar-refractivity contribution < 1.29 is 18.3 Å². The van der Waals surface area contributed by atoms with Gasteiger partial charge in [-0.1, -0.05) is 0 Å². The van der Waals surface area contributed by atoms with Gasteiger partial charge in [-0.25, -0.2) is 0 Å². The Morgan fingerprint density at radius 3 is 2.06 bits per heavy atom. The van der Waals surface area contributed by atoms with E-state index in [0.717, 1.165) is 24.3 Å². The predicted molar refractivity (Wildman–Crippen MR) is 210 cm³/mol. The van der Waals surface area contributed by atoms with Gasteiger partial charge in [0.25, 0.3) is 0 Å². The van der Waals surface area contributed by atoms with Crippen LogP contribution in [0.15, 0.2) is 129 Å². The van der Waals surface area contributed by atoms with Gasteiger partial charge in [0.15, 0.2) is 0 Å². The fourth-order valence-electron chi connectivity index (χ4n) is 12.8. The van der Waals surface area contributed by atoms with E-state index in [1.54, 1.807) is 20.0 Å². The molecule has 0 N–H and O–H groups in total. The summed E-state index contributed by atoms with van der Waals surface area (Å²) in [4.78, 5) is 0. The summed E-state index contributed by atoms with van der Waals surface area (Å²) in [5, 5.41) is 0.785. The second-order valence-corrected chi connectivity index (χ2v) is 32.4. The first-order valence-electron chi connectivity index (χ1n) is 18.5. The molecule has 0 amide bonds. The number of rotatable bonds is 4. The Hall–Kier alpha value is -2.60. The second-order valence-electron chi connectivity index (χ2n) is 17.9. The molecule has 0 aliphatic heterocycles. The summed E-state index contributed by atoms with van der Waals surface area (Å²) in [6, 6.07) is 30.0. The molecule has 1 fully saturated rings. The minimum atomic E-state index is -5.15. The third kappa shape index (κ3) is 3.59. The second kappa shape index (κ2) is 10.5. The Labute approximate surface area is 301 Å². The van der Waals surface area contributed by atoms with Crippen LogP contribution in [0, 0.1) is 27.6 Å². The number of benzene rings is 3. The van der Waals surface area contributed by atoms with Gasteiger partial charge in [-0.05, 0) is 0 Å². The van der Waals surface area contributed by atoms with E-state index in [0.29, 0.717) is 5.92 Å². The third-order valence-corrected chi connectivity index (χ3v) is 36.8. The zero-order valence-corrected chi connectivity index (χ0v) is 34.1. The van der Waals surface area contributed by atoms with Crippen LogP contribution in [0.3, 0.4) is 0 Å². The van der Waals surface area contributed by atoms with Crippen LogP contribution in [0.5, 0.6) is 0 Å². The normalized spacial score (nSPS) is 29.3. The van der Waals surface area contributed by atoms with Gasteiger partial charge in [0.05, 0.1) is 0 Å². The molecule has 2 heteroatoms. The average molecular weight is 745 g/mol. The number of hydrogen-bond donors (Lipinski definition) is 0. The van der Waals surface area contributed by atoms with E-state index in [2.05, 4.69) is 165 Å². The standard InChI is InChI=1S/C29H37.C6H4Cl.C6H5.C5H5.CH2.Zr/c1-18-25-22-17-19-13-9-10-14-20(19)24(22)21-15-11-12-16-23(21)29(25,8)28(6,7)27(4,5)26(18,2)3;7-6-4-2-1-3-5-6;1-2-4-6-5-3-1;1-2-4-5-3-1;;/h9-11,13-15,23H,12,16-17H2,1-8H3;2-5H;1-5H;1-3H,4H2;1H2;. The number of hydrogen-bond acceptors (Lipinski definition) is 0. The molecule has 3 aromatic rings. The van der Waals surface area contributed by atoms with Crippen LogP contribution in [-0.2, 0) is 24.7 Å². The summed E-state index contributed by atoms with van der Waals surface area (Å²) in [6.45, 7) is 21.2. The number of allylic oxidation sites excluding steroid dienone is 10. The topological polar surface area (TPSA) is 0 Å². The molecular weight excluding hydrogens is 691 g/mol. The molecule has 0 saturated heterocycles. The van der Waals surface area contributed by atoms with Crippen molar-refractivity contribution in [1.29, 1.82) is 0 Å². The molecule has 3 atom stereocenters. The summed E-state index contributed by atoms with van der Waals surface area (Å²) >= 11 is 1.61. The number of halogens is 1. The van der Waals surface area contributed by atoms with E-state index in [9.17, 15) is 0 Å². The monoisotopic (exact) mass is 742 g/mol. The van der Waals surface area contributed by atoms with E-state index in [1.807, 2.05) is 0 Å². The molecule has 5 aliphatic rings. The molecule has 0 bridgehead atoms. The van der Waals surface area contributed by atoms with Crippen molar-refractivity contribution in [3.8, 4) is 0 Å². The number of fused-ring (bicyclic) bond motifs is 6. The van der Waals surface area contributed by atoms with Crippen LogP contribution in [0.25, 0.3) is 5.57 Å². The average Bonchev–Trinajstić information content (AvgIpc) is 3.77. The van der Waals surface area contributed by atoms with Crippen LogP contribution >= 0.6 is 11.6 Å². The van der Waals surface area contributed by atoms with E-state index < -0.39 is 18.3 Å². The Bertz CT molecular complexity index is 2130. The van der Waals surface area contributed by atoms with Gasteiger partial charge >= 0.3 is 303 Å². The van der Waals surface area contributed by atoms with Crippen LogP contribution in [-0.4, -0.2) is 4.21 Å². The maximum atomic E-state index is 6.76. The minimum absolute atomic E-state index is 0.0281. The Kier molecular flexibility index (Phi) is 7.18. The van der Waals surface area contributed by atoms with Gasteiger partial charge < -0.3 is 0 Å². The summed E-state index contributed by atoms with van der Waals surface area (Å²) in [7, 11) is 0. The van der Waals surface area contributed by atoms with E-state index in [-0.39, 0.29) is 24.8 Å². The van der Waals surface area contributed by atoms with Crippen molar-refractivity contribution in [1.82, 2.24) is 0 Å². The molecule has 49 heavy (non-hydrogen) atoms. The SMILES string of the molecule is [CH2]=[Zr]([C]1=CC=CC1)([c]1ccccc1)([c]1ccc(Cl)cc1)[C]1(C)C2=C3Cc4ccccc4C3=C3C=CCCC3C2(C)C(C)(C)C(C)(C)C1(C)C. The fraction of sp³-hybridized carbons (Fsp3) is 0.383. The maximum absolute atomic E-state index is 6.76. The molecule has 1 saturated carbocycles. The van der Waals surface area contributed by atoms with Crippen LogP contribution in [0.2, 0.25) is 8.15 Å². The molecular formula is C47H53ClZr. The van der Waals surface area contributed by atoms with E-state index in [1.165, 1.54) is 29.7 Å². The van der Waals surface area contributed by atoms with Crippen LogP contribution in [0.1, 0.15) is 85.8 Å². The zero-order valence-electron chi connectivity index (χ0n) is 30.9. The summed E-state index contributed by atoms with van der Waals surface area (Å²) < 4.78 is 10.2. The Morgan fingerprint density at radius 2 is 1.39 bits per heavy atom. The molecule has 8 rings (SSSR count). The van der Waals surface area contributed by atoms with Crippen molar-refractivity contribution in [2.24, 2.45) is 27.6 Å². The van der Waals surface area contributed by atoms with Gasteiger partial charge in [0.2, 0.25) is 0 Å². The van der Waals surface area contributed by atoms with Crippen LogP contribution < -0.4 is 6.54 Å². The first kappa shape index (κ1) is 33.5. The van der Waals surface area contributed by atoms with Crippen molar-refractivity contribution in [2.75, 3.05) is 0 Å². The molecule has 0 nitrogen and oxygen atoms in total. The summed E-state index contributed by atoms with van der Waals surface area (Å²) in [6.07, 6.45) is 16.4. The first-order chi connectivity index (χ1) is 23.1. The first-order valence-corrected chi connectivity index (χ1v) is 25.6. The quantitative estimate of drug-likeness (QED) is 0.250. The van der Waals surface area contributed by atoms with Crippen molar-refractivity contribution in [3.63, 3.8) is 0 Å². The molecule has 5 aliphatic carbocycles. The van der Waals surface area contributed by atoms with E-state index in [4.69, 9.17) is 15.8 Å². The molecule has 252 valence electrons. The van der Waals surface area contributed by atoms with Crippen molar-refractivity contribution >= 4 is 27.9 Å². The molecule has 0 heterocycles. The Morgan fingerprint density at radius 1 is 0.735 bits per heavy atom. The van der Waals surface area contributed by atoms with E-state index >= 15 is 0 Å². The molecule has 0 radical (unpaired) electrons. The van der Waals surface area contributed by atoms with Gasteiger partial charge in [-0.3, -0.25) is 0 Å². The molecule has 0 spiro atoms. The van der Waals surface area contributed by atoms with Crippen LogP contribution in [0.4, 0.5) is 0 Å². The molecule has 0 aromatic heterocycles. The molecule has 3 aromatic carbocycles. The third-order valence-electron chi connectivity index (χ3n) is 16.7. The summed E-state index contributed by atoms with van der Waals surface area (Å²) in [5.74, 6) is 0.423. The summed E-state index contributed by atoms with van der Waals surface area (Å²) in [5.41, 5.74) is 8.99. The predicted octanol–water partition coefficient (Wildman–Crippen LogP) is 11.8. The van der Waals surface area contributed by atoms with Crippen molar-refractivity contribution in [3.05, 3.63) is 145 Å². The zero-order chi connectivity index (χ0) is 34.9. The van der Waals surface area contributed by atoms with Gasteiger partial charge in [-0.15, -0.1) is 0 Å². The Balaban J connectivity index is 1.67.